The number of ether oxygens (including phenoxy) is 1. The van der Waals surface area contributed by atoms with Crippen molar-refractivity contribution >= 4 is 17.6 Å². The Kier molecular flexibility index (Phi) is 7.38. The second kappa shape index (κ2) is 9.28. The molecule has 2 rings (SSSR count). The zero-order valence-electron chi connectivity index (χ0n) is 15.1. The molecule has 1 aliphatic rings. The Morgan fingerprint density at radius 3 is 2.79 bits per heavy atom. The zero-order chi connectivity index (χ0) is 17.4. The number of nitrogens with one attached hydrogen (secondary N) is 1. The van der Waals surface area contributed by atoms with Crippen molar-refractivity contribution in [2.24, 2.45) is 10.4 Å². The summed E-state index contributed by atoms with van der Waals surface area (Å²) in [6, 6.07) is 7.99. The molecule has 4 nitrogen and oxygen atoms in total. The van der Waals surface area contributed by atoms with E-state index in [4.69, 9.17) is 21.3 Å². The average Bonchev–Trinajstić information content (AvgIpc) is 3.32. The van der Waals surface area contributed by atoms with Crippen LogP contribution >= 0.6 is 11.6 Å². The van der Waals surface area contributed by atoms with Crippen molar-refractivity contribution in [3.05, 3.63) is 34.9 Å². The maximum Gasteiger partial charge on any atom is 0.193 e. The van der Waals surface area contributed by atoms with Crippen LogP contribution in [0.15, 0.2) is 29.3 Å². The van der Waals surface area contributed by atoms with Crippen molar-refractivity contribution in [1.29, 1.82) is 0 Å². The highest BCUT2D eigenvalue weighted by Gasteiger charge is 2.42. The Hall–Kier alpha value is -1.26. The Morgan fingerprint density at radius 1 is 1.38 bits per heavy atom. The number of nitrogens with zero attached hydrogens (tertiary/aromatic N) is 2. The fourth-order valence-electron chi connectivity index (χ4n) is 2.79. The Balaban J connectivity index is 1.94. The predicted octanol–water partition coefficient (Wildman–Crippen LogP) is 3.94. The highest BCUT2D eigenvalue weighted by atomic mass is 35.5. The van der Waals surface area contributed by atoms with Crippen molar-refractivity contribution in [2.45, 2.75) is 39.7 Å². The van der Waals surface area contributed by atoms with Gasteiger partial charge < -0.3 is 15.0 Å². The van der Waals surface area contributed by atoms with E-state index in [0.29, 0.717) is 5.41 Å². The first kappa shape index (κ1) is 19.1. The van der Waals surface area contributed by atoms with Gasteiger partial charge in [0, 0.05) is 44.9 Å². The van der Waals surface area contributed by atoms with Crippen LogP contribution in [-0.2, 0) is 11.3 Å². The van der Waals surface area contributed by atoms with Gasteiger partial charge in [-0.05, 0) is 56.2 Å². The van der Waals surface area contributed by atoms with Crippen LogP contribution in [-0.4, -0.2) is 44.2 Å². The Labute approximate surface area is 151 Å². The molecule has 0 heterocycles. The number of benzene rings is 1. The number of hydrogen-bond acceptors (Lipinski definition) is 2. The summed E-state index contributed by atoms with van der Waals surface area (Å²) in [4.78, 5) is 7.05. The van der Waals surface area contributed by atoms with E-state index in [0.717, 1.165) is 50.3 Å². The van der Waals surface area contributed by atoms with Crippen LogP contribution in [0.1, 0.15) is 38.7 Å². The van der Waals surface area contributed by atoms with Gasteiger partial charge in [-0.25, -0.2) is 0 Å². The van der Waals surface area contributed by atoms with Crippen molar-refractivity contribution < 1.29 is 4.74 Å². The van der Waals surface area contributed by atoms with Crippen LogP contribution in [0.5, 0.6) is 0 Å². The Morgan fingerprint density at radius 2 is 2.17 bits per heavy atom. The molecule has 1 aliphatic carbocycles. The second-order valence-electron chi connectivity index (χ2n) is 6.60. The molecule has 5 heteroatoms. The van der Waals surface area contributed by atoms with Gasteiger partial charge in [0.1, 0.15) is 0 Å². The van der Waals surface area contributed by atoms with E-state index in [1.807, 2.05) is 25.1 Å². The highest BCUT2D eigenvalue weighted by Crippen LogP contribution is 2.49. The molecule has 0 unspecified atom stereocenters. The summed E-state index contributed by atoms with van der Waals surface area (Å²) in [5, 5.41) is 4.17. The minimum Gasteiger partial charge on any atom is -0.382 e. The third-order valence-corrected chi connectivity index (χ3v) is 4.74. The molecule has 134 valence electrons. The average molecular weight is 352 g/mol. The topological polar surface area (TPSA) is 36.9 Å². The normalized spacial score (nSPS) is 16.1. The van der Waals surface area contributed by atoms with Crippen LogP contribution in [0.2, 0.25) is 5.02 Å². The summed E-state index contributed by atoms with van der Waals surface area (Å²) in [5.74, 6) is 0.958. The van der Waals surface area contributed by atoms with Gasteiger partial charge in [-0.3, -0.25) is 4.99 Å². The highest BCUT2D eigenvalue weighted by molar-refractivity contribution is 6.30. The van der Waals surface area contributed by atoms with Gasteiger partial charge in [-0.2, -0.15) is 0 Å². The predicted molar refractivity (Wildman–Crippen MR) is 102 cm³/mol. The lowest BCUT2D eigenvalue weighted by Gasteiger charge is -2.23. The van der Waals surface area contributed by atoms with E-state index in [1.54, 1.807) is 0 Å². The van der Waals surface area contributed by atoms with Crippen molar-refractivity contribution in [2.75, 3.05) is 33.4 Å². The zero-order valence-corrected chi connectivity index (χ0v) is 15.9. The van der Waals surface area contributed by atoms with E-state index < -0.39 is 0 Å². The first-order valence-corrected chi connectivity index (χ1v) is 9.28. The molecule has 0 saturated heterocycles. The quantitative estimate of drug-likeness (QED) is 0.416. The molecule has 0 radical (unpaired) electrons. The minimum absolute atomic E-state index is 0.368. The van der Waals surface area contributed by atoms with Crippen molar-refractivity contribution in [1.82, 2.24) is 10.2 Å². The summed E-state index contributed by atoms with van der Waals surface area (Å²) < 4.78 is 5.51. The van der Waals surface area contributed by atoms with E-state index in [9.17, 15) is 0 Å². The molecular formula is C19H30ClN3O. The van der Waals surface area contributed by atoms with Gasteiger partial charge >= 0.3 is 0 Å². The second-order valence-corrected chi connectivity index (χ2v) is 7.04. The van der Waals surface area contributed by atoms with Gasteiger partial charge in [0.05, 0.1) is 0 Å². The standard InChI is InChI=1S/C19H30ClN3O/c1-4-21-18(22-15-19(9-10-19)11-12-24-5-2)23(3)14-16-7-6-8-17(20)13-16/h6-8,13H,4-5,9-12,14-15H2,1-3H3,(H,21,22). The summed E-state index contributed by atoms with van der Waals surface area (Å²) in [6.07, 6.45) is 3.64. The molecule has 1 saturated carbocycles. The molecule has 1 aromatic rings. The van der Waals surface area contributed by atoms with Gasteiger partial charge in [0.15, 0.2) is 5.96 Å². The molecule has 1 N–H and O–H groups in total. The first-order valence-electron chi connectivity index (χ1n) is 8.90. The van der Waals surface area contributed by atoms with Gasteiger partial charge in [-0.1, -0.05) is 23.7 Å². The molecule has 0 atom stereocenters. The smallest absolute Gasteiger partial charge is 0.193 e. The number of rotatable bonds is 9. The van der Waals surface area contributed by atoms with Crippen LogP contribution < -0.4 is 5.32 Å². The molecule has 0 aromatic heterocycles. The van der Waals surface area contributed by atoms with Crippen LogP contribution in [0.4, 0.5) is 0 Å². The summed E-state index contributed by atoms with van der Waals surface area (Å²) in [7, 11) is 2.07. The molecule has 0 spiro atoms. The maximum atomic E-state index is 6.08. The van der Waals surface area contributed by atoms with Gasteiger partial charge in [-0.15, -0.1) is 0 Å². The van der Waals surface area contributed by atoms with E-state index in [2.05, 4.69) is 30.3 Å². The SMILES string of the molecule is CCNC(=NCC1(CCOCC)CC1)N(C)Cc1cccc(Cl)c1. The monoisotopic (exact) mass is 351 g/mol. The molecule has 1 aromatic carbocycles. The van der Waals surface area contributed by atoms with Crippen LogP contribution in [0, 0.1) is 5.41 Å². The molecule has 0 bridgehead atoms. The summed E-state index contributed by atoms with van der Waals surface area (Å²) in [5.41, 5.74) is 1.56. The number of aliphatic imine (C=N–C) groups is 1. The van der Waals surface area contributed by atoms with Crippen LogP contribution in [0.3, 0.4) is 0 Å². The van der Waals surface area contributed by atoms with Crippen molar-refractivity contribution in [3.63, 3.8) is 0 Å². The third-order valence-electron chi connectivity index (χ3n) is 4.51. The Bertz CT molecular complexity index is 543. The van der Waals surface area contributed by atoms with E-state index >= 15 is 0 Å². The molecule has 1 fully saturated rings. The molecular weight excluding hydrogens is 322 g/mol. The summed E-state index contributed by atoms with van der Waals surface area (Å²) >= 11 is 6.08. The molecule has 0 amide bonds. The fraction of sp³-hybridized carbons (Fsp3) is 0.632. The number of guanidine groups is 1. The van der Waals surface area contributed by atoms with E-state index in [1.165, 1.54) is 18.4 Å². The third kappa shape index (κ3) is 5.99. The van der Waals surface area contributed by atoms with Gasteiger partial charge in [0.2, 0.25) is 0 Å². The molecule has 0 aliphatic heterocycles. The summed E-state index contributed by atoms with van der Waals surface area (Å²) in [6.45, 7) is 8.33. The molecule has 24 heavy (non-hydrogen) atoms. The maximum absolute atomic E-state index is 6.08. The van der Waals surface area contributed by atoms with Crippen LogP contribution in [0.25, 0.3) is 0 Å². The fourth-order valence-corrected chi connectivity index (χ4v) is 3.01. The lowest BCUT2D eigenvalue weighted by Crippen LogP contribution is -2.39. The number of halogens is 1. The van der Waals surface area contributed by atoms with Crippen molar-refractivity contribution in [3.8, 4) is 0 Å². The lowest BCUT2D eigenvalue weighted by atomic mass is 10.0. The van der Waals surface area contributed by atoms with Gasteiger partial charge in [0.25, 0.3) is 0 Å². The van der Waals surface area contributed by atoms with E-state index in [-0.39, 0.29) is 0 Å². The number of hydrogen-bond donors (Lipinski definition) is 1. The first-order chi connectivity index (χ1) is 11.6. The lowest BCUT2D eigenvalue weighted by molar-refractivity contribution is 0.129. The minimum atomic E-state index is 0.368. The largest absolute Gasteiger partial charge is 0.382 e.